The summed E-state index contributed by atoms with van der Waals surface area (Å²) in [5.74, 6) is 2.79. The molecule has 5 rings (SSSR count). The van der Waals surface area contributed by atoms with Gasteiger partial charge in [0.25, 0.3) is 0 Å². The van der Waals surface area contributed by atoms with Crippen LogP contribution in [0.3, 0.4) is 0 Å². The van der Waals surface area contributed by atoms with Gasteiger partial charge in [-0.2, -0.15) is 0 Å². The molecule has 1 aromatic carbocycles. The van der Waals surface area contributed by atoms with Gasteiger partial charge in [-0.3, -0.25) is 4.79 Å². The number of aryl methyl sites for hydroxylation is 2. The SMILES string of the molecule is Cc1ccc(CC(=O)[C@H]2CN(C(=O)OC(C)(C)C)C[C@@H]2c2nnc(C3CC(CC(C)(C)C)C3)n2C2CC2)c(C)c1. The molecule has 2 saturated carbocycles. The summed E-state index contributed by atoms with van der Waals surface area (Å²) < 4.78 is 8.10. The number of aromatic nitrogens is 3. The molecule has 0 unspecified atom stereocenters. The predicted molar refractivity (Wildman–Crippen MR) is 156 cm³/mol. The van der Waals surface area contributed by atoms with E-state index < -0.39 is 5.60 Å². The van der Waals surface area contributed by atoms with E-state index in [0.717, 1.165) is 54.4 Å². The van der Waals surface area contributed by atoms with Gasteiger partial charge in [0.05, 0.1) is 0 Å². The number of likely N-dealkylation sites (tertiary alicyclic amines) is 1. The van der Waals surface area contributed by atoms with E-state index >= 15 is 0 Å². The number of nitrogens with zero attached hydrogens (tertiary/aromatic N) is 4. The molecule has 40 heavy (non-hydrogen) atoms. The molecule has 3 fully saturated rings. The van der Waals surface area contributed by atoms with Crippen LogP contribution in [0.25, 0.3) is 0 Å². The van der Waals surface area contributed by atoms with Crippen LogP contribution in [0.15, 0.2) is 18.2 Å². The first-order valence-electron chi connectivity index (χ1n) is 15.2. The number of hydrogen-bond donors (Lipinski definition) is 0. The Kier molecular flexibility index (Phi) is 7.64. The van der Waals surface area contributed by atoms with Crippen LogP contribution in [0.5, 0.6) is 0 Å². The van der Waals surface area contributed by atoms with E-state index in [1.165, 1.54) is 12.0 Å². The minimum Gasteiger partial charge on any atom is -0.444 e. The zero-order valence-corrected chi connectivity index (χ0v) is 25.8. The quantitative estimate of drug-likeness (QED) is 0.375. The highest BCUT2D eigenvalue weighted by Gasteiger charge is 2.47. The van der Waals surface area contributed by atoms with E-state index in [0.29, 0.717) is 36.9 Å². The van der Waals surface area contributed by atoms with Crippen LogP contribution in [0.2, 0.25) is 0 Å². The van der Waals surface area contributed by atoms with Gasteiger partial charge < -0.3 is 14.2 Å². The maximum absolute atomic E-state index is 13.9. The topological polar surface area (TPSA) is 77.3 Å². The molecule has 0 radical (unpaired) electrons. The van der Waals surface area contributed by atoms with Gasteiger partial charge in [0.15, 0.2) is 0 Å². The summed E-state index contributed by atoms with van der Waals surface area (Å²) in [6.07, 6.45) is 5.80. The van der Waals surface area contributed by atoms with Gasteiger partial charge in [0.2, 0.25) is 0 Å². The maximum atomic E-state index is 13.9. The maximum Gasteiger partial charge on any atom is 0.410 e. The Bertz CT molecular complexity index is 1260. The molecular weight excluding hydrogens is 500 g/mol. The van der Waals surface area contributed by atoms with Crippen molar-refractivity contribution < 1.29 is 14.3 Å². The first kappa shape index (κ1) is 28.8. The van der Waals surface area contributed by atoms with Gasteiger partial charge in [0, 0.05) is 43.3 Å². The summed E-state index contributed by atoms with van der Waals surface area (Å²) in [4.78, 5) is 28.8. The average Bonchev–Trinajstić information content (AvgIpc) is 3.39. The summed E-state index contributed by atoms with van der Waals surface area (Å²) in [5.41, 5.74) is 3.11. The van der Waals surface area contributed by atoms with Gasteiger partial charge in [-0.05, 0) is 89.2 Å². The molecule has 3 aliphatic rings. The minimum absolute atomic E-state index is 0.156. The summed E-state index contributed by atoms with van der Waals surface area (Å²) in [6.45, 7) is 17.5. The molecule has 1 aromatic heterocycles. The Morgan fingerprint density at radius 1 is 0.975 bits per heavy atom. The monoisotopic (exact) mass is 548 g/mol. The van der Waals surface area contributed by atoms with Crippen molar-refractivity contribution in [2.24, 2.45) is 17.3 Å². The van der Waals surface area contributed by atoms with Crippen molar-refractivity contribution in [3.8, 4) is 0 Å². The van der Waals surface area contributed by atoms with Crippen LogP contribution in [0.1, 0.15) is 120 Å². The van der Waals surface area contributed by atoms with E-state index in [1.54, 1.807) is 4.90 Å². The zero-order valence-electron chi connectivity index (χ0n) is 25.8. The molecule has 0 N–H and O–H groups in total. The van der Waals surface area contributed by atoms with E-state index in [4.69, 9.17) is 14.9 Å². The largest absolute Gasteiger partial charge is 0.444 e. The number of Topliss-reactive ketones (excluding diaryl/α,β-unsaturated/α-hetero) is 1. The fourth-order valence-electron chi connectivity index (χ4n) is 6.76. The third kappa shape index (κ3) is 6.44. The van der Waals surface area contributed by atoms with Crippen LogP contribution >= 0.6 is 0 Å². The number of benzene rings is 1. The number of carbonyl (C=O) groups is 2. The van der Waals surface area contributed by atoms with Crippen molar-refractivity contribution in [1.82, 2.24) is 19.7 Å². The standard InChI is InChI=1S/C33H48N4O3/c1-20-9-10-23(21(2)13-20)16-28(38)26-18-36(31(39)40-33(6,7)8)19-27(26)30-35-34-29(37(30)25-11-12-25)24-14-22(15-24)17-32(3,4)5/h9-10,13,22,24-27H,11-12,14-19H2,1-8H3/t22?,24?,26-,27-/m0/s1. The highest BCUT2D eigenvalue weighted by molar-refractivity contribution is 5.86. The molecule has 218 valence electrons. The van der Waals surface area contributed by atoms with Gasteiger partial charge >= 0.3 is 6.09 Å². The average molecular weight is 549 g/mol. The lowest BCUT2D eigenvalue weighted by atomic mass is 9.68. The molecule has 0 bridgehead atoms. The summed E-state index contributed by atoms with van der Waals surface area (Å²) in [6, 6.07) is 6.67. The highest BCUT2D eigenvalue weighted by atomic mass is 16.6. The Morgan fingerprint density at radius 3 is 2.25 bits per heavy atom. The van der Waals surface area contributed by atoms with Crippen LogP contribution < -0.4 is 0 Å². The van der Waals surface area contributed by atoms with E-state index in [-0.39, 0.29) is 23.7 Å². The third-order valence-electron chi connectivity index (χ3n) is 8.74. The highest BCUT2D eigenvalue weighted by Crippen LogP contribution is 2.49. The zero-order chi connectivity index (χ0) is 29.0. The van der Waals surface area contributed by atoms with E-state index in [2.05, 4.69) is 57.4 Å². The molecular formula is C33H48N4O3. The molecule has 1 saturated heterocycles. The van der Waals surface area contributed by atoms with Crippen LogP contribution in [0.4, 0.5) is 4.79 Å². The molecule has 1 amide bonds. The number of carbonyl (C=O) groups excluding carboxylic acids is 2. The minimum atomic E-state index is -0.595. The van der Waals surface area contributed by atoms with Crippen molar-refractivity contribution in [1.29, 1.82) is 0 Å². The Balaban J connectivity index is 1.41. The molecule has 2 aromatic rings. The summed E-state index contributed by atoms with van der Waals surface area (Å²) >= 11 is 0. The molecule has 2 atom stereocenters. The second-order valence-electron chi connectivity index (χ2n) is 15.0. The van der Waals surface area contributed by atoms with Crippen molar-refractivity contribution in [2.75, 3.05) is 13.1 Å². The van der Waals surface area contributed by atoms with Gasteiger partial charge in [0.1, 0.15) is 23.0 Å². The molecule has 0 spiro atoms. The third-order valence-corrected chi connectivity index (χ3v) is 8.74. The molecule has 1 aliphatic heterocycles. The number of hydrogen-bond acceptors (Lipinski definition) is 5. The van der Waals surface area contributed by atoms with Crippen molar-refractivity contribution in [3.05, 3.63) is 46.5 Å². The molecule has 7 heteroatoms. The second kappa shape index (κ2) is 10.6. The lowest BCUT2D eigenvalue weighted by molar-refractivity contribution is -0.122. The van der Waals surface area contributed by atoms with Gasteiger partial charge in [-0.15, -0.1) is 10.2 Å². The predicted octanol–water partition coefficient (Wildman–Crippen LogP) is 6.92. The number of ether oxygens (including phenoxy) is 1. The molecule has 2 aliphatic carbocycles. The Hall–Kier alpha value is -2.70. The Morgan fingerprint density at radius 2 is 1.65 bits per heavy atom. The van der Waals surface area contributed by atoms with E-state index in [1.807, 2.05) is 20.8 Å². The van der Waals surface area contributed by atoms with Crippen molar-refractivity contribution in [2.45, 2.75) is 117 Å². The van der Waals surface area contributed by atoms with Crippen molar-refractivity contribution in [3.63, 3.8) is 0 Å². The number of amides is 1. The first-order valence-corrected chi connectivity index (χ1v) is 15.2. The molecule has 7 nitrogen and oxygen atoms in total. The van der Waals surface area contributed by atoms with Crippen LogP contribution in [-0.4, -0.2) is 50.2 Å². The fraction of sp³-hybridized carbons (Fsp3) is 0.697. The second-order valence-corrected chi connectivity index (χ2v) is 15.0. The Labute approximate surface area is 240 Å². The number of ketones is 1. The first-order chi connectivity index (χ1) is 18.7. The smallest absolute Gasteiger partial charge is 0.410 e. The van der Waals surface area contributed by atoms with Gasteiger partial charge in [-0.1, -0.05) is 44.5 Å². The van der Waals surface area contributed by atoms with Gasteiger partial charge in [-0.25, -0.2) is 4.79 Å². The van der Waals surface area contributed by atoms with Crippen LogP contribution in [0, 0.1) is 31.1 Å². The van der Waals surface area contributed by atoms with E-state index in [9.17, 15) is 9.59 Å². The lowest BCUT2D eigenvalue weighted by Crippen LogP contribution is -2.36. The fourth-order valence-corrected chi connectivity index (χ4v) is 6.76. The number of rotatable bonds is 7. The lowest BCUT2D eigenvalue weighted by Gasteiger charge is -2.38. The summed E-state index contributed by atoms with van der Waals surface area (Å²) in [5, 5.41) is 9.55. The molecule has 2 heterocycles. The van der Waals surface area contributed by atoms with Crippen molar-refractivity contribution >= 4 is 11.9 Å². The summed E-state index contributed by atoms with van der Waals surface area (Å²) in [7, 11) is 0. The van der Waals surface area contributed by atoms with Crippen LogP contribution in [-0.2, 0) is 16.0 Å². The normalized spacial score (nSPS) is 25.1.